The molecular formula is C15H14FNO4S2. The van der Waals surface area contributed by atoms with Crippen LogP contribution in [0.5, 0.6) is 0 Å². The van der Waals surface area contributed by atoms with Gasteiger partial charge in [-0.05, 0) is 48.7 Å². The van der Waals surface area contributed by atoms with E-state index in [0.29, 0.717) is 35.5 Å². The smallest absolute Gasteiger partial charge is 0.308 e. The third-order valence-electron chi connectivity index (χ3n) is 3.62. The highest BCUT2D eigenvalue weighted by Gasteiger charge is 2.30. The third kappa shape index (κ3) is 3.09. The van der Waals surface area contributed by atoms with E-state index in [9.17, 15) is 17.6 Å². The third-order valence-corrected chi connectivity index (χ3v) is 6.99. The van der Waals surface area contributed by atoms with Gasteiger partial charge in [-0.1, -0.05) is 0 Å². The minimum atomic E-state index is -3.77. The Morgan fingerprint density at radius 1 is 1.30 bits per heavy atom. The van der Waals surface area contributed by atoms with Crippen molar-refractivity contribution < 1.29 is 22.7 Å². The first-order chi connectivity index (χ1) is 10.9. The summed E-state index contributed by atoms with van der Waals surface area (Å²) in [5.41, 5.74) is 1.16. The summed E-state index contributed by atoms with van der Waals surface area (Å²) in [4.78, 5) is 11.2. The number of sulfonamides is 1. The van der Waals surface area contributed by atoms with Crippen LogP contribution in [0.4, 0.5) is 10.1 Å². The second kappa shape index (κ2) is 5.93. The Bertz CT molecular complexity index is 860. The number of carbonyl (C=O) groups is 1. The first-order valence-corrected chi connectivity index (χ1v) is 9.25. The van der Waals surface area contributed by atoms with Crippen molar-refractivity contribution in [2.75, 3.05) is 10.8 Å². The van der Waals surface area contributed by atoms with Gasteiger partial charge < -0.3 is 5.11 Å². The molecule has 0 fully saturated rings. The Kier molecular flexibility index (Phi) is 4.11. The average Bonchev–Trinajstić information content (AvgIpc) is 2.94. The number of benzene rings is 1. The van der Waals surface area contributed by atoms with E-state index >= 15 is 0 Å². The van der Waals surface area contributed by atoms with Gasteiger partial charge in [-0.25, -0.2) is 12.8 Å². The lowest BCUT2D eigenvalue weighted by Crippen LogP contribution is -2.35. The van der Waals surface area contributed by atoms with E-state index < -0.39 is 16.0 Å². The highest BCUT2D eigenvalue weighted by Crippen LogP contribution is 2.34. The topological polar surface area (TPSA) is 74.7 Å². The van der Waals surface area contributed by atoms with E-state index in [4.69, 9.17) is 5.11 Å². The van der Waals surface area contributed by atoms with Crippen LogP contribution in [-0.4, -0.2) is 26.0 Å². The molecule has 1 aromatic heterocycles. The van der Waals surface area contributed by atoms with Crippen LogP contribution in [-0.2, 0) is 27.7 Å². The first kappa shape index (κ1) is 15.9. The molecule has 3 rings (SSSR count). The Morgan fingerprint density at radius 3 is 2.83 bits per heavy atom. The van der Waals surface area contributed by atoms with Gasteiger partial charge in [0.25, 0.3) is 10.0 Å². The summed E-state index contributed by atoms with van der Waals surface area (Å²) < 4.78 is 40.4. The molecule has 0 saturated carbocycles. The number of halogens is 1. The number of aliphatic carboxylic acids is 1. The SMILES string of the molecule is O=C(O)Cc1ccc(S(=O)(=O)N2CCCc3cc(F)ccc32)s1. The normalized spacial score (nSPS) is 14.6. The van der Waals surface area contributed by atoms with Crippen molar-refractivity contribution in [1.82, 2.24) is 0 Å². The molecule has 0 aliphatic carbocycles. The summed E-state index contributed by atoms with van der Waals surface area (Å²) >= 11 is 0.955. The van der Waals surface area contributed by atoms with Crippen molar-refractivity contribution in [1.29, 1.82) is 0 Å². The highest BCUT2D eigenvalue weighted by atomic mass is 32.2. The molecule has 5 nitrogen and oxygen atoms in total. The van der Waals surface area contributed by atoms with Crippen LogP contribution in [0.1, 0.15) is 16.9 Å². The molecule has 0 atom stereocenters. The van der Waals surface area contributed by atoms with Crippen LogP contribution >= 0.6 is 11.3 Å². The Balaban J connectivity index is 1.98. The Labute approximate surface area is 137 Å². The second-order valence-corrected chi connectivity index (χ2v) is 8.50. The molecule has 0 spiro atoms. The van der Waals surface area contributed by atoms with Crippen LogP contribution in [0.3, 0.4) is 0 Å². The molecule has 0 radical (unpaired) electrons. The van der Waals surface area contributed by atoms with Crippen LogP contribution in [0.2, 0.25) is 0 Å². The van der Waals surface area contributed by atoms with E-state index in [1.165, 1.54) is 34.6 Å². The maximum atomic E-state index is 13.3. The van der Waals surface area contributed by atoms with Crippen molar-refractivity contribution in [2.45, 2.75) is 23.5 Å². The fourth-order valence-corrected chi connectivity index (χ4v) is 5.63. The maximum Gasteiger partial charge on any atom is 0.308 e. The number of hydrogen-bond acceptors (Lipinski definition) is 4. The summed E-state index contributed by atoms with van der Waals surface area (Å²) in [5.74, 6) is -1.39. The number of anilines is 1. The lowest BCUT2D eigenvalue weighted by molar-refractivity contribution is -0.136. The molecule has 0 unspecified atom stereocenters. The lowest BCUT2D eigenvalue weighted by atomic mass is 10.0. The molecule has 122 valence electrons. The van der Waals surface area contributed by atoms with Crippen molar-refractivity contribution in [3.63, 3.8) is 0 Å². The number of nitrogens with zero attached hydrogens (tertiary/aromatic N) is 1. The minimum absolute atomic E-state index is 0.103. The fraction of sp³-hybridized carbons (Fsp3) is 0.267. The number of carboxylic acids is 1. The number of fused-ring (bicyclic) bond motifs is 1. The largest absolute Gasteiger partial charge is 0.481 e. The Hall–Kier alpha value is -1.93. The van der Waals surface area contributed by atoms with Gasteiger partial charge in [-0.15, -0.1) is 11.3 Å². The van der Waals surface area contributed by atoms with Gasteiger partial charge >= 0.3 is 5.97 Å². The molecule has 2 aromatic rings. The Morgan fingerprint density at radius 2 is 2.09 bits per heavy atom. The van der Waals surface area contributed by atoms with Crippen molar-refractivity contribution in [3.8, 4) is 0 Å². The molecule has 0 saturated heterocycles. The predicted molar refractivity (Wildman–Crippen MR) is 84.9 cm³/mol. The maximum absolute atomic E-state index is 13.3. The average molecular weight is 355 g/mol. The molecule has 0 amide bonds. The first-order valence-electron chi connectivity index (χ1n) is 6.99. The number of thiophene rings is 1. The van der Waals surface area contributed by atoms with Gasteiger partial charge in [0.1, 0.15) is 10.0 Å². The summed E-state index contributed by atoms with van der Waals surface area (Å²) in [6.07, 6.45) is 1.04. The van der Waals surface area contributed by atoms with Crippen LogP contribution < -0.4 is 4.31 Å². The summed E-state index contributed by atoms with van der Waals surface area (Å²) in [5, 5.41) is 8.80. The monoisotopic (exact) mass is 355 g/mol. The summed E-state index contributed by atoms with van der Waals surface area (Å²) in [7, 11) is -3.77. The molecule has 0 bridgehead atoms. The van der Waals surface area contributed by atoms with Crippen molar-refractivity contribution in [3.05, 3.63) is 46.6 Å². The van der Waals surface area contributed by atoms with Crippen LogP contribution in [0.15, 0.2) is 34.5 Å². The van der Waals surface area contributed by atoms with Crippen molar-refractivity contribution in [2.24, 2.45) is 0 Å². The quantitative estimate of drug-likeness (QED) is 0.915. The summed E-state index contributed by atoms with van der Waals surface area (Å²) in [6.45, 7) is 0.327. The standard InChI is InChI=1S/C15H14FNO4S2/c16-11-3-5-13-10(8-11)2-1-7-17(13)23(20,21)15-6-4-12(22-15)9-14(18)19/h3-6,8H,1-2,7,9H2,(H,18,19). The summed E-state index contributed by atoms with van der Waals surface area (Å²) in [6, 6.07) is 7.03. The zero-order valence-corrected chi connectivity index (χ0v) is 13.7. The molecule has 2 heterocycles. The number of carboxylic acid groups (broad SMARTS) is 1. The molecule has 8 heteroatoms. The number of hydrogen-bond donors (Lipinski definition) is 1. The van der Waals surface area contributed by atoms with E-state index in [2.05, 4.69) is 0 Å². The van der Waals surface area contributed by atoms with Crippen LogP contribution in [0.25, 0.3) is 0 Å². The second-order valence-electron chi connectivity index (χ2n) is 5.25. The number of rotatable bonds is 4. The van der Waals surface area contributed by atoms with Gasteiger partial charge in [0.05, 0.1) is 12.1 Å². The van der Waals surface area contributed by atoms with Gasteiger partial charge in [0, 0.05) is 11.4 Å². The molecule has 1 aromatic carbocycles. The molecule has 1 aliphatic heterocycles. The van der Waals surface area contributed by atoms with E-state index in [-0.39, 0.29) is 16.4 Å². The zero-order chi connectivity index (χ0) is 16.6. The molecule has 1 aliphatic rings. The zero-order valence-electron chi connectivity index (χ0n) is 12.0. The van der Waals surface area contributed by atoms with Crippen molar-refractivity contribution >= 4 is 33.0 Å². The molecule has 1 N–H and O–H groups in total. The van der Waals surface area contributed by atoms with E-state index in [1.54, 1.807) is 0 Å². The lowest BCUT2D eigenvalue weighted by Gasteiger charge is -2.30. The van der Waals surface area contributed by atoms with E-state index in [1.807, 2.05) is 0 Å². The van der Waals surface area contributed by atoms with Gasteiger partial charge in [0.2, 0.25) is 0 Å². The van der Waals surface area contributed by atoms with Gasteiger partial charge in [0.15, 0.2) is 0 Å². The highest BCUT2D eigenvalue weighted by molar-refractivity contribution is 7.94. The van der Waals surface area contributed by atoms with E-state index in [0.717, 1.165) is 11.3 Å². The fourth-order valence-electron chi connectivity index (χ4n) is 2.63. The minimum Gasteiger partial charge on any atom is -0.481 e. The van der Waals surface area contributed by atoms with Gasteiger partial charge in [-0.3, -0.25) is 9.10 Å². The molecular weight excluding hydrogens is 341 g/mol. The molecule has 23 heavy (non-hydrogen) atoms. The van der Waals surface area contributed by atoms with Crippen LogP contribution in [0, 0.1) is 5.82 Å². The van der Waals surface area contributed by atoms with Gasteiger partial charge in [-0.2, -0.15) is 0 Å². The predicted octanol–water partition coefficient (Wildman–Crippen LogP) is 2.66. The number of aryl methyl sites for hydroxylation is 1.